The van der Waals surface area contributed by atoms with Crippen molar-refractivity contribution in [1.29, 1.82) is 0 Å². The summed E-state index contributed by atoms with van der Waals surface area (Å²) in [6, 6.07) is 45.2. The summed E-state index contributed by atoms with van der Waals surface area (Å²) >= 11 is 0. The van der Waals surface area contributed by atoms with Crippen molar-refractivity contribution < 1.29 is 8.78 Å². The van der Waals surface area contributed by atoms with Crippen molar-refractivity contribution in [2.24, 2.45) is 0 Å². The lowest BCUT2D eigenvalue weighted by molar-refractivity contribution is 0.626. The van der Waals surface area contributed by atoms with Gasteiger partial charge in [0.15, 0.2) is 0 Å². The average Bonchev–Trinajstić information content (AvgIpc) is 2.90. The maximum Gasteiger partial charge on any atom is 0.134 e. The van der Waals surface area contributed by atoms with Gasteiger partial charge in [0.25, 0.3) is 0 Å². The normalized spacial score (nSPS) is 11.5. The van der Waals surface area contributed by atoms with Crippen LogP contribution in [0.25, 0.3) is 0 Å². The van der Waals surface area contributed by atoms with E-state index in [4.69, 9.17) is 0 Å². The van der Waals surface area contributed by atoms with Crippen molar-refractivity contribution in [3.05, 3.63) is 162 Å². The molecule has 5 aromatic carbocycles. The molecule has 3 heteroatoms. The van der Waals surface area contributed by atoms with Gasteiger partial charge >= 0.3 is 0 Å². The van der Waals surface area contributed by atoms with Crippen LogP contribution >= 0.6 is 7.26 Å². The molecule has 0 heterocycles. The maximum atomic E-state index is 14.0. The highest BCUT2D eigenvalue weighted by molar-refractivity contribution is 7.96. The maximum absolute atomic E-state index is 14.0. The van der Waals surface area contributed by atoms with Crippen LogP contribution in [0.5, 0.6) is 0 Å². The second kappa shape index (κ2) is 9.71. The summed E-state index contributed by atoms with van der Waals surface area (Å²) in [5.41, 5.74) is 1.86. The SMILES string of the molecule is Fc1ccc(C(c2ccc(F)cc2)[P+](c2ccccc2)(c2ccccc2)c2ccccc2)cc1. The Hall–Kier alpha value is -3.61. The van der Waals surface area contributed by atoms with Gasteiger partial charge in [0, 0.05) is 0 Å². The van der Waals surface area contributed by atoms with Crippen LogP contribution in [0.1, 0.15) is 16.8 Å². The molecule has 0 unspecified atom stereocenters. The summed E-state index contributed by atoms with van der Waals surface area (Å²) < 4.78 is 28.1. The zero-order valence-electron chi connectivity index (χ0n) is 18.6. The van der Waals surface area contributed by atoms with Gasteiger partial charge in [0.2, 0.25) is 0 Å². The first-order chi connectivity index (χ1) is 16.7. The molecule has 0 radical (unpaired) electrons. The van der Waals surface area contributed by atoms with E-state index in [0.717, 1.165) is 11.1 Å². The molecule has 0 fully saturated rings. The van der Waals surface area contributed by atoms with Gasteiger partial charge in [-0.2, -0.15) is 0 Å². The molecule has 0 N–H and O–H groups in total. The standard InChI is InChI=1S/C31H24F2P/c32-26-20-16-24(17-21-26)31(25-18-22-27(33)23-19-25)34(28-10-4-1-5-11-28,29-12-6-2-7-13-29)30-14-8-3-9-15-30/h1-23,31H/q+1. The fourth-order valence-electron chi connectivity index (χ4n) is 4.81. The molecule has 0 nitrogen and oxygen atoms in total. The predicted octanol–water partition coefficient (Wildman–Crippen LogP) is 7.05. The second-order valence-electron chi connectivity index (χ2n) is 8.23. The predicted molar refractivity (Wildman–Crippen MR) is 140 cm³/mol. The van der Waals surface area contributed by atoms with Crippen LogP contribution in [0.4, 0.5) is 8.78 Å². The first-order valence-electron chi connectivity index (χ1n) is 11.3. The third-order valence-corrected chi connectivity index (χ3v) is 11.0. The van der Waals surface area contributed by atoms with Crippen molar-refractivity contribution in [2.75, 3.05) is 0 Å². The van der Waals surface area contributed by atoms with E-state index < -0.39 is 7.26 Å². The van der Waals surface area contributed by atoms with Gasteiger partial charge in [0.05, 0.1) is 0 Å². The van der Waals surface area contributed by atoms with Gasteiger partial charge in [-0.05, 0) is 71.8 Å². The van der Waals surface area contributed by atoms with Crippen LogP contribution in [0.15, 0.2) is 140 Å². The van der Waals surface area contributed by atoms with Crippen LogP contribution in [0.2, 0.25) is 0 Å². The van der Waals surface area contributed by atoms with Gasteiger partial charge in [-0.1, -0.05) is 78.9 Å². The smallest absolute Gasteiger partial charge is 0.134 e. The molecule has 0 saturated heterocycles. The Morgan fingerprint density at radius 2 is 0.676 bits per heavy atom. The van der Waals surface area contributed by atoms with E-state index in [2.05, 4.69) is 72.8 Å². The van der Waals surface area contributed by atoms with Crippen molar-refractivity contribution in [3.8, 4) is 0 Å². The molecule has 34 heavy (non-hydrogen) atoms. The van der Waals surface area contributed by atoms with Crippen LogP contribution < -0.4 is 15.9 Å². The van der Waals surface area contributed by atoms with Gasteiger partial charge in [-0.25, -0.2) is 8.78 Å². The highest BCUT2D eigenvalue weighted by atomic mass is 31.2. The van der Waals surface area contributed by atoms with Gasteiger partial charge in [0.1, 0.15) is 40.5 Å². The fourth-order valence-corrected chi connectivity index (χ4v) is 9.77. The lowest BCUT2D eigenvalue weighted by Crippen LogP contribution is -2.35. The van der Waals surface area contributed by atoms with Crippen LogP contribution in [-0.4, -0.2) is 0 Å². The number of hydrogen-bond donors (Lipinski definition) is 0. The third kappa shape index (κ3) is 4.06. The molecule has 0 saturated carbocycles. The molecule has 166 valence electrons. The first kappa shape index (κ1) is 22.2. The molecule has 0 atom stereocenters. The number of hydrogen-bond acceptors (Lipinski definition) is 0. The molecule has 0 aromatic heterocycles. The molecular weight excluding hydrogens is 441 g/mol. The second-order valence-corrected chi connectivity index (χ2v) is 11.7. The van der Waals surface area contributed by atoms with Crippen molar-refractivity contribution in [2.45, 2.75) is 5.66 Å². The molecule has 0 aliphatic heterocycles. The number of halogens is 2. The monoisotopic (exact) mass is 465 g/mol. The van der Waals surface area contributed by atoms with Crippen molar-refractivity contribution in [1.82, 2.24) is 0 Å². The van der Waals surface area contributed by atoms with E-state index in [1.807, 2.05) is 42.5 Å². The Bertz CT molecular complexity index is 1190. The quantitative estimate of drug-likeness (QED) is 0.236. The summed E-state index contributed by atoms with van der Waals surface area (Å²) in [6.45, 7) is 0. The molecular formula is C31H24F2P+. The summed E-state index contributed by atoms with van der Waals surface area (Å²) in [6.07, 6.45) is 0. The summed E-state index contributed by atoms with van der Waals surface area (Å²) in [4.78, 5) is 0. The van der Waals surface area contributed by atoms with E-state index >= 15 is 0 Å². The summed E-state index contributed by atoms with van der Waals surface area (Å²) in [5, 5.41) is 3.64. The van der Waals surface area contributed by atoms with E-state index in [1.54, 1.807) is 0 Å². The van der Waals surface area contributed by atoms with E-state index in [9.17, 15) is 8.78 Å². The van der Waals surface area contributed by atoms with E-state index in [0.29, 0.717) is 0 Å². The summed E-state index contributed by atoms with van der Waals surface area (Å²) in [5.74, 6) is -0.547. The fraction of sp³-hybridized carbons (Fsp3) is 0.0323. The minimum absolute atomic E-state index is 0.138. The Labute approximate surface area is 199 Å². The van der Waals surface area contributed by atoms with E-state index in [-0.39, 0.29) is 17.3 Å². The molecule has 0 aliphatic rings. The molecule has 0 aliphatic carbocycles. The minimum Gasteiger partial charge on any atom is -0.207 e. The average molecular weight is 466 g/mol. The summed E-state index contributed by atoms with van der Waals surface area (Å²) in [7, 11) is -2.38. The van der Waals surface area contributed by atoms with E-state index in [1.165, 1.54) is 40.2 Å². The van der Waals surface area contributed by atoms with Crippen LogP contribution in [-0.2, 0) is 0 Å². The van der Waals surface area contributed by atoms with Crippen molar-refractivity contribution >= 4 is 23.2 Å². The largest absolute Gasteiger partial charge is 0.207 e. The van der Waals surface area contributed by atoms with Gasteiger partial charge in [-0.3, -0.25) is 0 Å². The number of benzene rings is 5. The Balaban J connectivity index is 1.93. The first-order valence-corrected chi connectivity index (χ1v) is 13.1. The zero-order chi connectivity index (χ0) is 23.4. The Morgan fingerprint density at radius 3 is 0.971 bits per heavy atom. The van der Waals surface area contributed by atoms with Gasteiger partial charge in [-0.15, -0.1) is 0 Å². The zero-order valence-corrected chi connectivity index (χ0v) is 19.5. The van der Waals surface area contributed by atoms with Crippen molar-refractivity contribution in [3.63, 3.8) is 0 Å². The lowest BCUT2D eigenvalue weighted by Gasteiger charge is -2.35. The molecule has 5 rings (SSSR count). The Kier molecular flexibility index (Phi) is 6.34. The van der Waals surface area contributed by atoms with Gasteiger partial charge < -0.3 is 0 Å². The highest BCUT2D eigenvalue weighted by Gasteiger charge is 2.53. The lowest BCUT2D eigenvalue weighted by atomic mass is 10.0. The molecule has 0 spiro atoms. The molecule has 0 amide bonds. The topological polar surface area (TPSA) is 0 Å². The van der Waals surface area contributed by atoms with Crippen LogP contribution in [0.3, 0.4) is 0 Å². The highest BCUT2D eigenvalue weighted by Crippen LogP contribution is 2.68. The Morgan fingerprint density at radius 1 is 0.382 bits per heavy atom. The number of rotatable bonds is 6. The molecule has 0 bridgehead atoms. The van der Waals surface area contributed by atoms with Crippen LogP contribution in [0, 0.1) is 11.6 Å². The third-order valence-electron chi connectivity index (χ3n) is 6.25. The molecule has 5 aromatic rings. The minimum atomic E-state index is -2.38.